The molecule has 0 bridgehead atoms. The molecule has 0 unspecified atom stereocenters. The minimum Gasteiger partial charge on any atom is -0.489 e. The average molecular weight is 342 g/mol. The third kappa shape index (κ3) is 3.93. The van der Waals surface area contributed by atoms with E-state index in [9.17, 15) is 8.78 Å². The number of benzene rings is 2. The maximum atomic E-state index is 13.4. The van der Waals surface area contributed by atoms with Gasteiger partial charge in [0.05, 0.1) is 0 Å². The zero-order valence-corrected chi connectivity index (χ0v) is 12.5. The van der Waals surface area contributed by atoms with Crippen molar-refractivity contribution in [2.75, 3.05) is 18.5 Å². The van der Waals surface area contributed by atoms with Crippen LogP contribution >= 0.6 is 15.9 Å². The van der Waals surface area contributed by atoms with Crippen molar-refractivity contribution < 1.29 is 13.5 Å². The predicted molar refractivity (Wildman–Crippen MR) is 79.2 cm³/mol. The van der Waals surface area contributed by atoms with E-state index in [0.29, 0.717) is 11.0 Å². The molecular formula is C15H14BrF2NO. The van der Waals surface area contributed by atoms with Crippen LogP contribution in [-0.2, 0) is 0 Å². The Morgan fingerprint density at radius 1 is 1.15 bits per heavy atom. The van der Waals surface area contributed by atoms with Crippen molar-refractivity contribution in [2.24, 2.45) is 0 Å². The molecular weight excluding hydrogens is 328 g/mol. The molecule has 0 aromatic heterocycles. The molecule has 106 valence electrons. The topological polar surface area (TPSA) is 21.3 Å². The number of nitrogens with one attached hydrogen (secondary N) is 1. The van der Waals surface area contributed by atoms with Gasteiger partial charge in [-0.25, -0.2) is 4.39 Å². The van der Waals surface area contributed by atoms with Crippen molar-refractivity contribution in [1.29, 1.82) is 0 Å². The van der Waals surface area contributed by atoms with Gasteiger partial charge in [-0.05, 0) is 31.2 Å². The Labute approximate surface area is 124 Å². The fourth-order valence-corrected chi connectivity index (χ4v) is 2.07. The Balaban J connectivity index is 1.86. The first-order valence-electron chi connectivity index (χ1n) is 6.14. The van der Waals surface area contributed by atoms with Crippen LogP contribution in [0.5, 0.6) is 5.75 Å². The summed E-state index contributed by atoms with van der Waals surface area (Å²) >= 11 is 3.10. The van der Waals surface area contributed by atoms with Gasteiger partial charge in [0.2, 0.25) is 5.82 Å². The van der Waals surface area contributed by atoms with Gasteiger partial charge in [-0.2, -0.15) is 4.39 Å². The first-order chi connectivity index (χ1) is 9.56. The summed E-state index contributed by atoms with van der Waals surface area (Å²) in [6.07, 6.45) is 0. The number of halogens is 3. The predicted octanol–water partition coefficient (Wildman–Crippen LogP) is 4.53. The Hall–Kier alpha value is -1.62. The standard InChI is InChI=1S/C15H14BrF2NO/c1-10-2-4-12(5-3-10)19-6-7-20-14-9-11(16)8-13(17)15(14)18/h2-5,8-9,19H,6-7H2,1H3. The summed E-state index contributed by atoms with van der Waals surface area (Å²) in [5.41, 5.74) is 2.14. The Morgan fingerprint density at radius 3 is 2.55 bits per heavy atom. The van der Waals surface area contributed by atoms with E-state index in [1.54, 1.807) is 0 Å². The van der Waals surface area contributed by atoms with Crippen LogP contribution in [0.2, 0.25) is 0 Å². The largest absolute Gasteiger partial charge is 0.489 e. The average Bonchev–Trinajstić information content (AvgIpc) is 2.42. The summed E-state index contributed by atoms with van der Waals surface area (Å²) < 4.78 is 32.3. The minimum atomic E-state index is -0.969. The van der Waals surface area contributed by atoms with E-state index in [1.807, 2.05) is 31.2 Å². The van der Waals surface area contributed by atoms with Crippen molar-refractivity contribution in [3.63, 3.8) is 0 Å². The Morgan fingerprint density at radius 2 is 1.85 bits per heavy atom. The highest BCUT2D eigenvalue weighted by molar-refractivity contribution is 9.10. The molecule has 0 saturated heterocycles. The molecule has 5 heteroatoms. The number of anilines is 1. The summed E-state index contributed by atoms with van der Waals surface area (Å²) in [5, 5.41) is 3.14. The van der Waals surface area contributed by atoms with E-state index >= 15 is 0 Å². The van der Waals surface area contributed by atoms with Gasteiger partial charge < -0.3 is 10.1 Å². The summed E-state index contributed by atoms with van der Waals surface area (Å²) in [4.78, 5) is 0. The SMILES string of the molecule is Cc1ccc(NCCOc2cc(Br)cc(F)c2F)cc1. The van der Waals surface area contributed by atoms with Crippen molar-refractivity contribution in [2.45, 2.75) is 6.92 Å². The number of rotatable bonds is 5. The molecule has 0 aliphatic heterocycles. The lowest BCUT2D eigenvalue weighted by atomic mass is 10.2. The third-order valence-corrected chi connectivity index (χ3v) is 3.16. The van der Waals surface area contributed by atoms with Gasteiger partial charge in [0, 0.05) is 16.7 Å². The molecule has 1 N–H and O–H groups in total. The first-order valence-corrected chi connectivity index (χ1v) is 6.93. The fourth-order valence-electron chi connectivity index (χ4n) is 1.67. The molecule has 0 amide bonds. The molecule has 2 nitrogen and oxygen atoms in total. The monoisotopic (exact) mass is 341 g/mol. The highest BCUT2D eigenvalue weighted by atomic mass is 79.9. The van der Waals surface area contributed by atoms with E-state index in [0.717, 1.165) is 11.8 Å². The fraction of sp³-hybridized carbons (Fsp3) is 0.200. The van der Waals surface area contributed by atoms with Crippen LogP contribution in [0, 0.1) is 18.6 Å². The Kier molecular flexibility index (Phi) is 4.95. The molecule has 0 saturated carbocycles. The highest BCUT2D eigenvalue weighted by Crippen LogP contribution is 2.25. The maximum Gasteiger partial charge on any atom is 0.200 e. The van der Waals surface area contributed by atoms with Crippen molar-refractivity contribution >= 4 is 21.6 Å². The first kappa shape index (κ1) is 14.8. The van der Waals surface area contributed by atoms with Crippen LogP contribution in [0.25, 0.3) is 0 Å². The lowest BCUT2D eigenvalue weighted by Crippen LogP contribution is -2.12. The van der Waals surface area contributed by atoms with Crippen molar-refractivity contribution in [3.8, 4) is 5.75 Å². The van der Waals surface area contributed by atoms with Crippen LogP contribution in [-0.4, -0.2) is 13.2 Å². The second kappa shape index (κ2) is 6.70. The summed E-state index contributed by atoms with van der Waals surface area (Å²) in [6, 6.07) is 10.4. The van der Waals surface area contributed by atoms with Crippen molar-refractivity contribution in [1.82, 2.24) is 0 Å². The van der Waals surface area contributed by atoms with Gasteiger partial charge in [0.1, 0.15) is 6.61 Å². The van der Waals surface area contributed by atoms with Gasteiger partial charge in [-0.15, -0.1) is 0 Å². The summed E-state index contributed by atoms with van der Waals surface area (Å²) in [5.74, 6) is -1.99. The number of aryl methyl sites for hydroxylation is 1. The van der Waals surface area contributed by atoms with E-state index < -0.39 is 11.6 Å². The molecule has 0 heterocycles. The van der Waals surface area contributed by atoms with Gasteiger partial charge in [-0.1, -0.05) is 33.6 Å². The normalized spacial score (nSPS) is 10.4. The molecule has 0 radical (unpaired) electrons. The summed E-state index contributed by atoms with van der Waals surface area (Å²) in [6.45, 7) is 2.74. The van der Waals surface area contributed by atoms with Crippen LogP contribution in [0.1, 0.15) is 5.56 Å². The molecule has 0 aliphatic carbocycles. The highest BCUT2D eigenvalue weighted by Gasteiger charge is 2.10. The molecule has 0 spiro atoms. The molecule has 2 aromatic carbocycles. The van der Waals surface area contributed by atoms with Gasteiger partial charge in [0.25, 0.3) is 0 Å². The van der Waals surface area contributed by atoms with Crippen molar-refractivity contribution in [3.05, 3.63) is 58.1 Å². The quantitative estimate of drug-likeness (QED) is 0.637. The molecule has 0 atom stereocenters. The van der Waals surface area contributed by atoms with E-state index in [4.69, 9.17) is 4.74 Å². The van der Waals surface area contributed by atoms with E-state index in [-0.39, 0.29) is 12.4 Å². The lowest BCUT2D eigenvalue weighted by Gasteiger charge is -2.10. The zero-order chi connectivity index (χ0) is 14.5. The number of hydrogen-bond donors (Lipinski definition) is 1. The van der Waals surface area contributed by atoms with Gasteiger partial charge in [0.15, 0.2) is 11.6 Å². The lowest BCUT2D eigenvalue weighted by molar-refractivity contribution is 0.308. The van der Waals surface area contributed by atoms with Crippen LogP contribution in [0.4, 0.5) is 14.5 Å². The molecule has 2 rings (SSSR count). The van der Waals surface area contributed by atoms with E-state index in [1.165, 1.54) is 11.6 Å². The van der Waals surface area contributed by atoms with Gasteiger partial charge in [-0.3, -0.25) is 0 Å². The number of ether oxygens (including phenoxy) is 1. The second-order valence-electron chi connectivity index (χ2n) is 4.34. The minimum absolute atomic E-state index is 0.0948. The zero-order valence-electron chi connectivity index (χ0n) is 10.9. The van der Waals surface area contributed by atoms with Crippen LogP contribution < -0.4 is 10.1 Å². The Bertz CT molecular complexity index is 587. The maximum absolute atomic E-state index is 13.4. The smallest absolute Gasteiger partial charge is 0.200 e. The van der Waals surface area contributed by atoms with E-state index in [2.05, 4.69) is 21.2 Å². The molecule has 2 aromatic rings. The third-order valence-electron chi connectivity index (χ3n) is 2.70. The van der Waals surface area contributed by atoms with Crippen LogP contribution in [0.3, 0.4) is 0 Å². The second-order valence-corrected chi connectivity index (χ2v) is 5.26. The summed E-state index contributed by atoms with van der Waals surface area (Å²) in [7, 11) is 0. The van der Waals surface area contributed by atoms with Crippen LogP contribution in [0.15, 0.2) is 40.9 Å². The molecule has 20 heavy (non-hydrogen) atoms. The number of hydrogen-bond acceptors (Lipinski definition) is 2. The van der Waals surface area contributed by atoms with Gasteiger partial charge >= 0.3 is 0 Å². The molecule has 0 aliphatic rings. The molecule has 0 fully saturated rings.